The van der Waals surface area contributed by atoms with Gasteiger partial charge in [-0.15, -0.1) is 10.2 Å². The number of fused-ring (bicyclic) bond motifs is 1. The zero-order valence-electron chi connectivity index (χ0n) is 12.3. The van der Waals surface area contributed by atoms with Crippen molar-refractivity contribution in [2.24, 2.45) is 0 Å². The number of aromatic nitrogens is 2. The van der Waals surface area contributed by atoms with E-state index >= 15 is 0 Å². The number of ether oxygens (including phenoxy) is 1. The van der Waals surface area contributed by atoms with Crippen LogP contribution in [0.1, 0.15) is 55.0 Å². The molecule has 1 fully saturated rings. The Balaban J connectivity index is 1.72. The predicted octanol–water partition coefficient (Wildman–Crippen LogP) is 3.22. The van der Waals surface area contributed by atoms with E-state index in [9.17, 15) is 0 Å². The fourth-order valence-electron chi connectivity index (χ4n) is 3.62. The molecule has 0 bridgehead atoms. The van der Waals surface area contributed by atoms with Crippen LogP contribution >= 0.6 is 0 Å². The molecular formula is C17H20N2O2. The molecule has 21 heavy (non-hydrogen) atoms. The molecule has 2 aromatic rings. The summed E-state index contributed by atoms with van der Waals surface area (Å²) >= 11 is 0. The van der Waals surface area contributed by atoms with Gasteiger partial charge in [0.1, 0.15) is 0 Å². The van der Waals surface area contributed by atoms with Crippen molar-refractivity contribution in [2.45, 2.75) is 43.9 Å². The first kappa shape index (κ1) is 13.0. The molecule has 1 aliphatic carbocycles. The van der Waals surface area contributed by atoms with Gasteiger partial charge in [-0.2, -0.15) is 0 Å². The second kappa shape index (κ2) is 4.95. The van der Waals surface area contributed by atoms with Gasteiger partial charge in [0.2, 0.25) is 11.8 Å². The molecule has 2 aliphatic rings. The van der Waals surface area contributed by atoms with Crippen LogP contribution in [0.3, 0.4) is 0 Å². The molecule has 110 valence electrons. The normalized spacial score (nSPS) is 28.5. The first-order valence-corrected chi connectivity index (χ1v) is 7.77. The summed E-state index contributed by atoms with van der Waals surface area (Å²) in [6, 6.07) is 8.63. The Morgan fingerprint density at radius 1 is 1.24 bits per heavy atom. The molecule has 4 nitrogen and oxygen atoms in total. The van der Waals surface area contributed by atoms with E-state index in [-0.39, 0.29) is 11.3 Å². The molecule has 0 amide bonds. The lowest BCUT2D eigenvalue weighted by Gasteiger charge is -2.32. The summed E-state index contributed by atoms with van der Waals surface area (Å²) in [4.78, 5) is 0. The van der Waals surface area contributed by atoms with Gasteiger partial charge in [-0.1, -0.05) is 24.3 Å². The summed E-state index contributed by atoms with van der Waals surface area (Å²) < 4.78 is 11.5. The molecule has 0 radical (unpaired) electrons. The number of benzene rings is 1. The summed E-state index contributed by atoms with van der Waals surface area (Å²) in [7, 11) is 0. The van der Waals surface area contributed by atoms with Crippen molar-refractivity contribution in [3.8, 4) is 0 Å². The van der Waals surface area contributed by atoms with Crippen LogP contribution in [0.2, 0.25) is 0 Å². The van der Waals surface area contributed by atoms with Crippen LogP contribution < -0.4 is 0 Å². The van der Waals surface area contributed by atoms with Crippen LogP contribution in [0.4, 0.5) is 0 Å². The first-order chi connectivity index (χ1) is 10.3. The highest BCUT2D eigenvalue weighted by Crippen LogP contribution is 2.42. The third-order valence-corrected chi connectivity index (χ3v) is 4.93. The third-order valence-electron chi connectivity index (χ3n) is 4.93. The summed E-state index contributed by atoms with van der Waals surface area (Å²) in [6.45, 7) is 3.73. The van der Waals surface area contributed by atoms with Gasteiger partial charge in [-0.05, 0) is 43.7 Å². The molecule has 2 heterocycles. The van der Waals surface area contributed by atoms with Gasteiger partial charge in [-0.3, -0.25) is 0 Å². The second-order valence-corrected chi connectivity index (χ2v) is 6.35. The Hall–Kier alpha value is -1.68. The van der Waals surface area contributed by atoms with Crippen molar-refractivity contribution in [1.29, 1.82) is 0 Å². The molecule has 0 spiro atoms. The first-order valence-electron chi connectivity index (χ1n) is 7.77. The van der Waals surface area contributed by atoms with E-state index in [4.69, 9.17) is 9.15 Å². The molecule has 1 aliphatic heterocycles. The van der Waals surface area contributed by atoms with Crippen LogP contribution in [0, 0.1) is 0 Å². The average molecular weight is 284 g/mol. The lowest BCUT2D eigenvalue weighted by molar-refractivity contribution is 0.190. The zero-order chi connectivity index (χ0) is 14.3. The molecule has 0 saturated carbocycles. The van der Waals surface area contributed by atoms with E-state index in [2.05, 4.69) is 41.4 Å². The van der Waals surface area contributed by atoms with Gasteiger partial charge in [-0.25, -0.2) is 0 Å². The molecule has 2 atom stereocenters. The largest absolute Gasteiger partial charge is 0.424 e. The Morgan fingerprint density at radius 3 is 3.00 bits per heavy atom. The molecule has 1 aromatic heterocycles. The highest BCUT2D eigenvalue weighted by atomic mass is 16.5. The van der Waals surface area contributed by atoms with Gasteiger partial charge in [0, 0.05) is 6.61 Å². The molecule has 1 aromatic carbocycles. The van der Waals surface area contributed by atoms with Crippen molar-refractivity contribution in [3.63, 3.8) is 0 Å². The zero-order valence-corrected chi connectivity index (χ0v) is 12.3. The number of hydrogen-bond acceptors (Lipinski definition) is 4. The van der Waals surface area contributed by atoms with Crippen molar-refractivity contribution >= 4 is 0 Å². The number of rotatable bonds is 2. The van der Waals surface area contributed by atoms with E-state index in [1.807, 2.05) is 0 Å². The summed E-state index contributed by atoms with van der Waals surface area (Å²) in [6.07, 6.45) is 4.35. The maximum atomic E-state index is 6.06. The van der Waals surface area contributed by atoms with Gasteiger partial charge in [0.15, 0.2) is 0 Å². The van der Waals surface area contributed by atoms with Crippen LogP contribution in [0.5, 0.6) is 0 Å². The fourth-order valence-corrected chi connectivity index (χ4v) is 3.62. The number of nitrogens with zero attached hydrogens (tertiary/aromatic N) is 2. The average Bonchev–Trinajstić information content (AvgIpc) is 3.19. The molecule has 0 N–H and O–H groups in total. The summed E-state index contributed by atoms with van der Waals surface area (Å²) in [5.74, 6) is 1.78. The van der Waals surface area contributed by atoms with Crippen molar-refractivity contribution in [2.75, 3.05) is 13.2 Å². The lowest BCUT2D eigenvalue weighted by atomic mass is 9.71. The maximum Gasteiger partial charge on any atom is 0.226 e. The van der Waals surface area contributed by atoms with E-state index in [1.54, 1.807) is 0 Å². The van der Waals surface area contributed by atoms with Crippen LogP contribution in [-0.4, -0.2) is 23.4 Å². The van der Waals surface area contributed by atoms with Gasteiger partial charge >= 0.3 is 0 Å². The highest BCUT2D eigenvalue weighted by molar-refractivity contribution is 5.40. The summed E-state index contributed by atoms with van der Waals surface area (Å²) in [5.41, 5.74) is 2.60. The molecule has 1 saturated heterocycles. The smallest absolute Gasteiger partial charge is 0.226 e. The van der Waals surface area contributed by atoms with Gasteiger partial charge < -0.3 is 9.15 Å². The second-order valence-electron chi connectivity index (χ2n) is 6.35. The standard InChI is InChI=1S/C17H20N2O2/c1-17(9-4-6-12-5-2-3-7-14(12)17)16-19-18-15(21-16)13-8-10-20-11-13/h2-3,5,7,13H,4,6,8-11H2,1H3/t13-,17+/m1/s1. The minimum Gasteiger partial charge on any atom is -0.424 e. The summed E-state index contributed by atoms with van der Waals surface area (Å²) in [5, 5.41) is 8.68. The van der Waals surface area contributed by atoms with Crippen LogP contribution in [0.15, 0.2) is 28.7 Å². The van der Waals surface area contributed by atoms with E-state index in [1.165, 1.54) is 11.1 Å². The highest BCUT2D eigenvalue weighted by Gasteiger charge is 2.39. The van der Waals surface area contributed by atoms with Crippen molar-refractivity contribution in [3.05, 3.63) is 47.2 Å². The Morgan fingerprint density at radius 2 is 2.14 bits per heavy atom. The SMILES string of the molecule is C[C@]1(c2nnc([C@@H]3CCOC3)o2)CCCc2ccccc21. The van der Waals surface area contributed by atoms with Crippen LogP contribution in [-0.2, 0) is 16.6 Å². The maximum absolute atomic E-state index is 6.06. The minimum absolute atomic E-state index is 0.153. The predicted molar refractivity (Wildman–Crippen MR) is 78.3 cm³/mol. The Labute approximate surface area is 124 Å². The fraction of sp³-hybridized carbons (Fsp3) is 0.529. The molecule has 4 rings (SSSR count). The quantitative estimate of drug-likeness (QED) is 0.849. The van der Waals surface area contributed by atoms with Crippen LogP contribution in [0.25, 0.3) is 0 Å². The van der Waals surface area contributed by atoms with Gasteiger partial charge in [0.05, 0.1) is 17.9 Å². The Kier molecular flexibility index (Phi) is 3.07. The third kappa shape index (κ3) is 2.09. The molecule has 0 unspecified atom stereocenters. The Bertz CT molecular complexity index is 646. The topological polar surface area (TPSA) is 48.2 Å². The number of aryl methyl sites for hydroxylation is 1. The molecular weight excluding hydrogens is 264 g/mol. The van der Waals surface area contributed by atoms with Crippen molar-refractivity contribution in [1.82, 2.24) is 10.2 Å². The number of hydrogen-bond donors (Lipinski definition) is 0. The van der Waals surface area contributed by atoms with Crippen molar-refractivity contribution < 1.29 is 9.15 Å². The molecule has 4 heteroatoms. The monoisotopic (exact) mass is 284 g/mol. The van der Waals surface area contributed by atoms with E-state index in [0.717, 1.165) is 44.1 Å². The lowest BCUT2D eigenvalue weighted by Crippen LogP contribution is -2.29. The van der Waals surface area contributed by atoms with Gasteiger partial charge in [0.25, 0.3) is 0 Å². The minimum atomic E-state index is -0.153. The van der Waals surface area contributed by atoms with E-state index in [0.29, 0.717) is 6.61 Å². The van der Waals surface area contributed by atoms with E-state index < -0.39 is 0 Å².